The number of anilines is 1. The van der Waals surface area contributed by atoms with Crippen LogP contribution in [0.4, 0.5) is 5.69 Å². The molecule has 0 aromatic heterocycles. The van der Waals surface area contributed by atoms with Crippen molar-refractivity contribution in [1.82, 2.24) is 0 Å². The molecule has 2 aromatic rings. The molecule has 3 rings (SSSR count). The molecule has 2 N–H and O–H groups in total. The van der Waals surface area contributed by atoms with Gasteiger partial charge in [-0.05, 0) is 47.9 Å². The van der Waals surface area contributed by atoms with Gasteiger partial charge in [0, 0.05) is 12.1 Å². The monoisotopic (exact) mass is 381 g/mol. The number of rotatable bonds is 6. The second kappa shape index (κ2) is 7.76. The lowest BCUT2D eigenvalue weighted by atomic mass is 9.92. The number of aliphatic hydroxyl groups is 1. The number of phenolic OH excluding ortho intramolecular Hbond substituents is 1. The molecule has 0 saturated heterocycles. The van der Waals surface area contributed by atoms with Crippen molar-refractivity contribution in [2.45, 2.75) is 26.3 Å². The van der Waals surface area contributed by atoms with Crippen LogP contribution in [-0.4, -0.2) is 29.0 Å². The van der Waals surface area contributed by atoms with Crippen LogP contribution in [0.25, 0.3) is 0 Å². The molecule has 0 radical (unpaired) electrons. The van der Waals surface area contributed by atoms with Gasteiger partial charge < -0.3 is 14.9 Å². The van der Waals surface area contributed by atoms with E-state index in [9.17, 15) is 19.8 Å². The average molecular weight is 381 g/mol. The summed E-state index contributed by atoms with van der Waals surface area (Å²) in [5, 5.41) is 20.5. The minimum Gasteiger partial charge on any atom is -0.508 e. The number of carbonyl (C=O) groups excluding carboxylic acids is 2. The Kier molecular flexibility index (Phi) is 5.40. The molecule has 0 fully saturated rings. The van der Waals surface area contributed by atoms with Crippen LogP contribution in [0.3, 0.4) is 0 Å². The summed E-state index contributed by atoms with van der Waals surface area (Å²) < 4.78 is 5.16. The van der Waals surface area contributed by atoms with Gasteiger partial charge in [-0.2, -0.15) is 0 Å². The number of hydrogen-bond acceptors (Lipinski definition) is 5. The maximum Gasteiger partial charge on any atom is 0.294 e. The van der Waals surface area contributed by atoms with Crippen LogP contribution >= 0.6 is 0 Å². The highest BCUT2D eigenvalue weighted by Crippen LogP contribution is 2.42. The van der Waals surface area contributed by atoms with Crippen molar-refractivity contribution in [1.29, 1.82) is 0 Å². The van der Waals surface area contributed by atoms with Gasteiger partial charge in [-0.25, -0.2) is 0 Å². The van der Waals surface area contributed by atoms with Crippen molar-refractivity contribution in [3.63, 3.8) is 0 Å². The number of nitrogens with zero attached hydrogens (tertiary/aromatic N) is 1. The molecule has 1 unspecified atom stereocenters. The van der Waals surface area contributed by atoms with Crippen LogP contribution in [0.5, 0.6) is 11.5 Å². The summed E-state index contributed by atoms with van der Waals surface area (Å²) in [4.78, 5) is 27.2. The summed E-state index contributed by atoms with van der Waals surface area (Å²) in [6, 6.07) is 12.3. The number of ketones is 1. The van der Waals surface area contributed by atoms with Gasteiger partial charge in [-0.1, -0.05) is 26.0 Å². The number of methoxy groups -OCH3 is 1. The van der Waals surface area contributed by atoms with E-state index in [2.05, 4.69) is 0 Å². The molecule has 1 aliphatic heterocycles. The van der Waals surface area contributed by atoms with E-state index < -0.39 is 17.7 Å². The van der Waals surface area contributed by atoms with Crippen LogP contribution in [0.15, 0.2) is 59.9 Å². The number of carbonyl (C=O) groups is 2. The predicted octanol–water partition coefficient (Wildman–Crippen LogP) is 3.92. The Hall–Kier alpha value is -3.28. The number of Topliss-reactive ketones (excluding diaryl/α,β-unsaturated/α-hetero) is 1. The molecule has 146 valence electrons. The third kappa shape index (κ3) is 3.58. The van der Waals surface area contributed by atoms with Crippen molar-refractivity contribution < 1.29 is 24.5 Å². The fraction of sp³-hybridized carbons (Fsp3) is 0.273. The lowest BCUT2D eigenvalue weighted by molar-refractivity contribution is -0.118. The van der Waals surface area contributed by atoms with E-state index >= 15 is 0 Å². The highest BCUT2D eigenvalue weighted by molar-refractivity contribution is 6.16. The second-order valence-corrected chi connectivity index (χ2v) is 7.15. The summed E-state index contributed by atoms with van der Waals surface area (Å²) >= 11 is 0. The Morgan fingerprint density at radius 3 is 2.39 bits per heavy atom. The lowest BCUT2D eigenvalue weighted by Gasteiger charge is -2.27. The van der Waals surface area contributed by atoms with Gasteiger partial charge in [0.1, 0.15) is 11.5 Å². The molecule has 1 atom stereocenters. The molecule has 1 heterocycles. The van der Waals surface area contributed by atoms with Crippen molar-refractivity contribution >= 4 is 17.4 Å². The van der Waals surface area contributed by atoms with Crippen LogP contribution in [0, 0.1) is 5.92 Å². The smallest absolute Gasteiger partial charge is 0.294 e. The number of hydrogen-bond donors (Lipinski definition) is 2. The Labute approximate surface area is 163 Å². The lowest BCUT2D eigenvalue weighted by Crippen LogP contribution is -2.31. The highest BCUT2D eigenvalue weighted by Gasteiger charge is 2.44. The van der Waals surface area contributed by atoms with Crippen LogP contribution < -0.4 is 9.64 Å². The first-order valence-electron chi connectivity index (χ1n) is 9.06. The van der Waals surface area contributed by atoms with E-state index in [0.717, 1.165) is 0 Å². The predicted molar refractivity (Wildman–Crippen MR) is 105 cm³/mol. The number of aliphatic hydroxyl groups excluding tert-OH is 1. The van der Waals surface area contributed by atoms with E-state index in [1.54, 1.807) is 43.5 Å². The van der Waals surface area contributed by atoms with Crippen LogP contribution in [0.1, 0.15) is 31.9 Å². The largest absolute Gasteiger partial charge is 0.508 e. The zero-order valence-corrected chi connectivity index (χ0v) is 16.0. The molecule has 0 aliphatic carbocycles. The van der Waals surface area contributed by atoms with Gasteiger partial charge in [0.15, 0.2) is 11.5 Å². The Bertz CT molecular complexity index is 930. The quantitative estimate of drug-likeness (QED) is 0.792. The van der Waals surface area contributed by atoms with E-state index in [0.29, 0.717) is 17.0 Å². The molecule has 1 aliphatic rings. The van der Waals surface area contributed by atoms with Gasteiger partial charge in [0.05, 0.1) is 18.7 Å². The summed E-state index contributed by atoms with van der Waals surface area (Å²) in [6.45, 7) is 3.80. The number of aromatic hydroxyl groups is 1. The highest BCUT2D eigenvalue weighted by atomic mass is 16.5. The van der Waals surface area contributed by atoms with E-state index in [1.807, 2.05) is 13.8 Å². The molecule has 0 spiro atoms. The molecule has 6 nitrogen and oxygen atoms in total. The fourth-order valence-electron chi connectivity index (χ4n) is 3.39. The van der Waals surface area contributed by atoms with E-state index in [-0.39, 0.29) is 29.4 Å². The normalized spacial score (nSPS) is 16.8. The molecular formula is C22H23NO5. The SMILES string of the molecule is COc1ccc(N2C(=O)C(O)=C(C(=O)CC(C)C)C2c2cccc(O)c2)cc1. The standard InChI is InChI=1S/C22H23NO5/c1-13(2)11-18(25)19-20(14-5-4-6-16(24)12-14)23(22(27)21(19)26)15-7-9-17(28-3)10-8-15/h4-10,12-13,20,24,26H,11H2,1-3H3. The Morgan fingerprint density at radius 2 is 1.82 bits per heavy atom. The van der Waals surface area contributed by atoms with Gasteiger partial charge >= 0.3 is 0 Å². The maximum absolute atomic E-state index is 12.9. The molecule has 6 heteroatoms. The minimum absolute atomic E-state index is 0.0154. The maximum atomic E-state index is 12.9. The zero-order chi connectivity index (χ0) is 20.4. The Balaban J connectivity index is 2.13. The molecule has 0 saturated carbocycles. The molecule has 28 heavy (non-hydrogen) atoms. The van der Waals surface area contributed by atoms with Gasteiger partial charge in [0.2, 0.25) is 0 Å². The van der Waals surface area contributed by atoms with Crippen molar-refractivity contribution in [3.8, 4) is 11.5 Å². The summed E-state index contributed by atoms with van der Waals surface area (Å²) in [5.74, 6) is -0.771. The third-order valence-corrected chi connectivity index (χ3v) is 4.64. The first kappa shape index (κ1) is 19.5. The third-order valence-electron chi connectivity index (χ3n) is 4.64. The fourth-order valence-corrected chi connectivity index (χ4v) is 3.39. The minimum atomic E-state index is -0.820. The van der Waals surface area contributed by atoms with Crippen molar-refractivity contribution in [2.75, 3.05) is 12.0 Å². The van der Waals surface area contributed by atoms with Gasteiger partial charge in [-0.15, -0.1) is 0 Å². The summed E-state index contributed by atoms with van der Waals surface area (Å²) in [5.41, 5.74) is 1.11. The second-order valence-electron chi connectivity index (χ2n) is 7.15. The number of amides is 1. The number of benzene rings is 2. The first-order chi connectivity index (χ1) is 13.3. The molecular weight excluding hydrogens is 358 g/mol. The topological polar surface area (TPSA) is 87.1 Å². The zero-order valence-electron chi connectivity index (χ0n) is 16.0. The van der Waals surface area contributed by atoms with Crippen molar-refractivity contribution in [3.05, 3.63) is 65.4 Å². The van der Waals surface area contributed by atoms with E-state index in [1.165, 1.54) is 17.0 Å². The van der Waals surface area contributed by atoms with Gasteiger partial charge in [0.25, 0.3) is 5.91 Å². The summed E-state index contributed by atoms with van der Waals surface area (Å²) in [6.07, 6.45) is 0.207. The number of ether oxygens (including phenoxy) is 1. The van der Waals surface area contributed by atoms with E-state index in [4.69, 9.17) is 4.74 Å². The van der Waals surface area contributed by atoms with Crippen molar-refractivity contribution in [2.24, 2.45) is 5.92 Å². The Morgan fingerprint density at radius 1 is 1.14 bits per heavy atom. The van der Waals surface area contributed by atoms with Crippen LogP contribution in [0.2, 0.25) is 0 Å². The molecule has 0 bridgehead atoms. The van der Waals surface area contributed by atoms with Gasteiger partial charge in [-0.3, -0.25) is 14.5 Å². The first-order valence-corrected chi connectivity index (χ1v) is 9.06. The summed E-state index contributed by atoms with van der Waals surface area (Å²) in [7, 11) is 1.54. The number of phenols is 1. The van der Waals surface area contributed by atoms with Crippen LogP contribution in [-0.2, 0) is 9.59 Å². The molecule has 2 aromatic carbocycles. The average Bonchev–Trinajstić information content (AvgIpc) is 2.92. The molecule has 1 amide bonds.